The average molecular weight is 314 g/mol. The fraction of sp³-hybridized carbons (Fsp3) is 0.875. The maximum atomic E-state index is 12.7. The fourth-order valence-electron chi connectivity index (χ4n) is 3.07. The Morgan fingerprint density at radius 1 is 1.18 bits per heavy atom. The average Bonchev–Trinajstić information content (AvgIpc) is 2.52. The van der Waals surface area contributed by atoms with Crippen molar-refractivity contribution in [3.8, 4) is 0 Å². The number of nitrogens with zero attached hydrogens (tertiary/aromatic N) is 1. The van der Waals surface area contributed by atoms with Crippen LogP contribution >= 0.6 is 0 Å². The zero-order valence-electron chi connectivity index (χ0n) is 14.0. The van der Waals surface area contributed by atoms with Gasteiger partial charge in [-0.25, -0.2) is 4.79 Å². The Hall–Kier alpha value is -1.14. The van der Waals surface area contributed by atoms with E-state index in [1.165, 1.54) is 0 Å². The van der Waals surface area contributed by atoms with Gasteiger partial charge in [0.05, 0.1) is 19.3 Å². The first kappa shape index (κ1) is 18.9. The fourth-order valence-corrected chi connectivity index (χ4v) is 3.07. The molecule has 0 aromatic rings. The van der Waals surface area contributed by atoms with Crippen LogP contribution in [0.4, 0.5) is 0 Å². The molecule has 0 spiro atoms. The van der Waals surface area contributed by atoms with Crippen LogP contribution in [0.3, 0.4) is 0 Å². The Morgan fingerprint density at radius 3 is 2.23 bits per heavy atom. The number of amides is 1. The molecule has 2 N–H and O–H groups in total. The first-order chi connectivity index (χ1) is 10.5. The molecule has 1 fully saturated rings. The predicted octanol–water partition coefficient (Wildman–Crippen LogP) is 1.49. The molecule has 0 bridgehead atoms. The van der Waals surface area contributed by atoms with Gasteiger partial charge < -0.3 is 15.2 Å². The number of ether oxygens (including phenoxy) is 1. The lowest BCUT2D eigenvalue weighted by molar-refractivity contribution is -0.144. The van der Waals surface area contributed by atoms with Crippen molar-refractivity contribution in [2.45, 2.75) is 58.5 Å². The number of carbonyl (C=O) groups is 2. The van der Waals surface area contributed by atoms with Gasteiger partial charge in [-0.05, 0) is 12.3 Å². The van der Waals surface area contributed by atoms with E-state index < -0.39 is 12.0 Å². The summed E-state index contributed by atoms with van der Waals surface area (Å²) in [6.07, 6.45) is 2.99. The summed E-state index contributed by atoms with van der Waals surface area (Å²) < 4.78 is 5.37. The van der Waals surface area contributed by atoms with Crippen LogP contribution in [0.25, 0.3) is 0 Å². The lowest BCUT2D eigenvalue weighted by Gasteiger charge is -2.38. The highest BCUT2D eigenvalue weighted by Crippen LogP contribution is 2.20. The normalized spacial score (nSPS) is 18.9. The van der Waals surface area contributed by atoms with Gasteiger partial charge in [-0.1, -0.05) is 40.0 Å². The number of carboxylic acids is 1. The molecule has 0 aromatic carbocycles. The maximum absolute atomic E-state index is 12.7. The predicted molar refractivity (Wildman–Crippen MR) is 84.7 cm³/mol. The highest BCUT2D eigenvalue weighted by atomic mass is 16.5. The third-order valence-electron chi connectivity index (χ3n) is 4.39. The van der Waals surface area contributed by atoms with E-state index >= 15 is 0 Å². The van der Waals surface area contributed by atoms with Gasteiger partial charge in [0.1, 0.15) is 6.04 Å². The largest absolute Gasteiger partial charge is 0.480 e. The zero-order chi connectivity index (χ0) is 16.5. The molecule has 0 saturated carbocycles. The molecule has 1 aliphatic rings. The Balaban J connectivity index is 2.83. The number of carbonyl (C=O) groups excluding carboxylic acids is 1. The number of aliphatic carboxylic acids is 1. The second-order valence-corrected chi connectivity index (χ2v) is 5.86. The van der Waals surface area contributed by atoms with E-state index in [2.05, 4.69) is 24.1 Å². The summed E-state index contributed by atoms with van der Waals surface area (Å²) in [6, 6.07) is -1.06. The van der Waals surface area contributed by atoms with Crippen molar-refractivity contribution in [3.05, 3.63) is 0 Å². The van der Waals surface area contributed by atoms with E-state index in [1.54, 1.807) is 0 Å². The molecule has 22 heavy (non-hydrogen) atoms. The number of hydrogen-bond acceptors (Lipinski definition) is 4. The Bertz CT molecular complexity index is 352. The quantitative estimate of drug-likeness (QED) is 0.674. The molecular weight excluding hydrogens is 284 g/mol. The topological polar surface area (TPSA) is 78.9 Å². The zero-order valence-corrected chi connectivity index (χ0v) is 14.0. The lowest BCUT2D eigenvalue weighted by atomic mass is 9.91. The molecule has 128 valence electrons. The lowest BCUT2D eigenvalue weighted by Crippen LogP contribution is -2.56. The molecule has 6 heteroatoms. The van der Waals surface area contributed by atoms with Crippen molar-refractivity contribution in [1.82, 2.24) is 10.2 Å². The van der Waals surface area contributed by atoms with Gasteiger partial charge in [-0.15, -0.1) is 0 Å². The molecule has 1 heterocycles. The van der Waals surface area contributed by atoms with E-state index in [-0.39, 0.29) is 17.9 Å². The molecule has 1 rings (SSSR count). The number of nitrogens with one attached hydrogen (secondary N) is 1. The number of morpholine rings is 1. The third kappa shape index (κ3) is 5.25. The van der Waals surface area contributed by atoms with Gasteiger partial charge in [0.15, 0.2) is 0 Å². The summed E-state index contributed by atoms with van der Waals surface area (Å²) >= 11 is 0. The van der Waals surface area contributed by atoms with E-state index in [9.17, 15) is 14.7 Å². The van der Waals surface area contributed by atoms with Gasteiger partial charge >= 0.3 is 5.97 Å². The molecular formula is C16H30N2O4. The molecule has 0 radical (unpaired) electrons. The van der Waals surface area contributed by atoms with Crippen LogP contribution in [0.1, 0.15) is 46.5 Å². The maximum Gasteiger partial charge on any atom is 0.326 e. The van der Waals surface area contributed by atoms with E-state index in [1.807, 2.05) is 6.92 Å². The van der Waals surface area contributed by atoms with Gasteiger partial charge in [0.2, 0.25) is 5.91 Å². The molecule has 2 unspecified atom stereocenters. The van der Waals surface area contributed by atoms with Crippen molar-refractivity contribution >= 4 is 11.9 Å². The molecule has 0 aliphatic carbocycles. The van der Waals surface area contributed by atoms with E-state index in [0.29, 0.717) is 19.6 Å². The third-order valence-corrected chi connectivity index (χ3v) is 4.39. The van der Waals surface area contributed by atoms with Crippen molar-refractivity contribution in [2.75, 3.05) is 26.3 Å². The standard InChI is InChI=1S/C16H30N2O4/c1-4-7-13(16(20)21)17-15(19)14(12(5-2)6-3)18-8-10-22-11-9-18/h12-14H,4-11H2,1-3H3,(H,17,19)(H,20,21). The molecule has 1 saturated heterocycles. The minimum absolute atomic E-state index is 0.156. The molecule has 1 amide bonds. The highest BCUT2D eigenvalue weighted by molar-refractivity contribution is 5.87. The van der Waals surface area contributed by atoms with Crippen LogP contribution in [0.5, 0.6) is 0 Å². The molecule has 0 aromatic heterocycles. The summed E-state index contributed by atoms with van der Waals surface area (Å²) in [7, 11) is 0. The first-order valence-corrected chi connectivity index (χ1v) is 8.40. The highest BCUT2D eigenvalue weighted by Gasteiger charge is 2.34. The molecule has 2 atom stereocenters. The molecule has 1 aliphatic heterocycles. The SMILES string of the molecule is CCCC(NC(=O)C(C(CC)CC)N1CCOCC1)C(=O)O. The number of rotatable bonds is 9. The van der Waals surface area contributed by atoms with Crippen LogP contribution in [-0.2, 0) is 14.3 Å². The van der Waals surface area contributed by atoms with Crippen LogP contribution in [-0.4, -0.2) is 60.3 Å². The minimum Gasteiger partial charge on any atom is -0.480 e. The van der Waals surface area contributed by atoms with Crippen molar-refractivity contribution in [2.24, 2.45) is 5.92 Å². The van der Waals surface area contributed by atoms with Crippen LogP contribution < -0.4 is 5.32 Å². The monoisotopic (exact) mass is 314 g/mol. The summed E-state index contributed by atoms with van der Waals surface area (Å²) in [5.41, 5.74) is 0. The van der Waals surface area contributed by atoms with E-state index in [4.69, 9.17) is 4.74 Å². The summed E-state index contributed by atoms with van der Waals surface area (Å²) in [4.78, 5) is 26.2. The second kappa shape index (κ2) is 9.79. The van der Waals surface area contributed by atoms with Crippen molar-refractivity contribution in [1.29, 1.82) is 0 Å². The summed E-state index contributed by atoms with van der Waals surface area (Å²) in [6.45, 7) is 8.77. The smallest absolute Gasteiger partial charge is 0.326 e. The van der Waals surface area contributed by atoms with Crippen molar-refractivity contribution in [3.63, 3.8) is 0 Å². The summed E-state index contributed by atoms with van der Waals surface area (Å²) in [5, 5.41) is 12.0. The van der Waals surface area contributed by atoms with Gasteiger partial charge in [-0.2, -0.15) is 0 Å². The Labute approximate surface area is 133 Å². The molecule has 6 nitrogen and oxygen atoms in total. The Kier molecular flexibility index (Phi) is 8.42. The van der Waals surface area contributed by atoms with Gasteiger partial charge in [0, 0.05) is 13.1 Å². The van der Waals surface area contributed by atoms with Crippen molar-refractivity contribution < 1.29 is 19.4 Å². The minimum atomic E-state index is -0.958. The number of hydrogen-bond donors (Lipinski definition) is 2. The summed E-state index contributed by atoms with van der Waals surface area (Å²) in [5.74, 6) is -0.883. The van der Waals surface area contributed by atoms with E-state index in [0.717, 1.165) is 32.4 Å². The number of carboxylic acid groups (broad SMARTS) is 1. The first-order valence-electron chi connectivity index (χ1n) is 8.40. The van der Waals surface area contributed by atoms with Crippen LogP contribution in [0.15, 0.2) is 0 Å². The van der Waals surface area contributed by atoms with Crippen LogP contribution in [0, 0.1) is 5.92 Å². The van der Waals surface area contributed by atoms with Gasteiger partial charge in [0.25, 0.3) is 0 Å². The second-order valence-electron chi connectivity index (χ2n) is 5.86. The van der Waals surface area contributed by atoms with Gasteiger partial charge in [-0.3, -0.25) is 9.69 Å². The van der Waals surface area contributed by atoms with Crippen LogP contribution in [0.2, 0.25) is 0 Å². The Morgan fingerprint density at radius 2 is 1.77 bits per heavy atom.